The number of ether oxygens (including phenoxy) is 1. The zero-order valence-corrected chi connectivity index (χ0v) is 20.6. The summed E-state index contributed by atoms with van der Waals surface area (Å²) in [6.07, 6.45) is 3.67. The molecule has 0 aliphatic carbocycles. The molecule has 2 aliphatic heterocycles. The second-order valence-electron chi connectivity index (χ2n) is 9.33. The molecular formula is C27H29N3O4. The first-order valence-electron chi connectivity index (χ1n) is 11.1. The molecule has 4 amide bonds. The van der Waals surface area contributed by atoms with Crippen molar-refractivity contribution in [2.45, 2.75) is 40.2 Å². The van der Waals surface area contributed by atoms with Crippen molar-refractivity contribution in [2.24, 2.45) is 0 Å². The smallest absolute Gasteiger partial charge is 0.335 e. The van der Waals surface area contributed by atoms with E-state index >= 15 is 0 Å². The van der Waals surface area contributed by atoms with E-state index < -0.39 is 17.8 Å². The monoisotopic (exact) mass is 459 g/mol. The van der Waals surface area contributed by atoms with E-state index in [1.54, 1.807) is 19.2 Å². The molecule has 2 aromatic carbocycles. The van der Waals surface area contributed by atoms with Gasteiger partial charge in [-0.25, -0.2) is 9.69 Å². The van der Waals surface area contributed by atoms with Crippen LogP contribution in [-0.4, -0.2) is 37.5 Å². The summed E-state index contributed by atoms with van der Waals surface area (Å²) in [4.78, 5) is 42.0. The minimum absolute atomic E-state index is 0.134. The number of hydrogen-bond acceptors (Lipinski definition) is 5. The van der Waals surface area contributed by atoms with E-state index in [0.717, 1.165) is 32.9 Å². The molecule has 0 saturated carbocycles. The summed E-state index contributed by atoms with van der Waals surface area (Å²) in [5, 5.41) is 2.30. The Kier molecular flexibility index (Phi) is 5.59. The van der Waals surface area contributed by atoms with Crippen LogP contribution in [0, 0.1) is 13.8 Å². The Morgan fingerprint density at radius 2 is 1.74 bits per heavy atom. The molecule has 0 atom stereocenters. The Morgan fingerprint density at radius 1 is 1.03 bits per heavy atom. The molecule has 2 aromatic rings. The Morgan fingerprint density at radius 3 is 2.41 bits per heavy atom. The molecule has 34 heavy (non-hydrogen) atoms. The van der Waals surface area contributed by atoms with Gasteiger partial charge in [0.1, 0.15) is 11.3 Å². The van der Waals surface area contributed by atoms with Gasteiger partial charge in [0.2, 0.25) is 0 Å². The van der Waals surface area contributed by atoms with Crippen LogP contribution in [0.1, 0.15) is 43.0 Å². The van der Waals surface area contributed by atoms with Crippen molar-refractivity contribution in [3.8, 4) is 5.75 Å². The molecule has 0 aromatic heterocycles. The number of hydrogen-bond donors (Lipinski definition) is 1. The normalized spacial score (nSPS) is 18.6. The number of likely N-dealkylation sites (N-methyl/N-ethyl adjacent to an activating group) is 1. The van der Waals surface area contributed by atoms with Gasteiger partial charge in [0.15, 0.2) is 0 Å². The summed E-state index contributed by atoms with van der Waals surface area (Å²) in [5.74, 6) is -0.881. The molecule has 0 radical (unpaired) electrons. The number of nitrogens with zero attached hydrogens (tertiary/aromatic N) is 2. The van der Waals surface area contributed by atoms with Gasteiger partial charge >= 0.3 is 6.03 Å². The SMILES string of the molecule is COc1cc2c(cc1/C=C1/C(=O)NC(=O)N(c3cccc(C)c3C)C1=O)C(C)=CC(C)(C)N2C. The highest BCUT2D eigenvalue weighted by Crippen LogP contribution is 2.42. The van der Waals surface area contributed by atoms with Gasteiger partial charge in [-0.3, -0.25) is 14.9 Å². The molecule has 7 nitrogen and oxygen atoms in total. The van der Waals surface area contributed by atoms with Crippen LogP contribution in [0.15, 0.2) is 42.0 Å². The van der Waals surface area contributed by atoms with Crippen molar-refractivity contribution in [1.29, 1.82) is 0 Å². The van der Waals surface area contributed by atoms with Crippen molar-refractivity contribution in [2.75, 3.05) is 24.0 Å². The van der Waals surface area contributed by atoms with Gasteiger partial charge in [0.05, 0.1) is 18.3 Å². The Bertz CT molecular complexity index is 1300. The van der Waals surface area contributed by atoms with Crippen LogP contribution in [0.25, 0.3) is 11.6 Å². The average Bonchev–Trinajstić information content (AvgIpc) is 2.77. The van der Waals surface area contributed by atoms with Crippen molar-refractivity contribution >= 4 is 40.9 Å². The zero-order valence-electron chi connectivity index (χ0n) is 20.6. The lowest BCUT2D eigenvalue weighted by atomic mass is 9.88. The molecule has 4 rings (SSSR count). The molecule has 0 bridgehead atoms. The maximum absolute atomic E-state index is 13.4. The summed E-state index contributed by atoms with van der Waals surface area (Å²) in [7, 11) is 3.57. The number of rotatable bonds is 3. The lowest BCUT2D eigenvalue weighted by Crippen LogP contribution is -2.54. The fourth-order valence-corrected chi connectivity index (χ4v) is 4.49. The number of methoxy groups -OCH3 is 1. The minimum atomic E-state index is -0.763. The highest BCUT2D eigenvalue weighted by Gasteiger charge is 2.38. The average molecular weight is 460 g/mol. The summed E-state index contributed by atoms with van der Waals surface area (Å²) in [6, 6.07) is 8.44. The number of nitrogens with one attached hydrogen (secondary N) is 1. The van der Waals surface area contributed by atoms with E-state index in [2.05, 4.69) is 30.1 Å². The fraction of sp³-hybridized carbons (Fsp3) is 0.296. The van der Waals surface area contributed by atoms with Crippen molar-refractivity contribution in [3.05, 3.63) is 64.2 Å². The van der Waals surface area contributed by atoms with E-state index in [0.29, 0.717) is 17.0 Å². The zero-order chi connectivity index (χ0) is 24.9. The number of imide groups is 2. The number of allylic oxidation sites excluding steroid dienone is 1. The highest BCUT2D eigenvalue weighted by atomic mass is 16.5. The fourth-order valence-electron chi connectivity index (χ4n) is 4.49. The second-order valence-corrected chi connectivity index (χ2v) is 9.33. The molecule has 2 heterocycles. The van der Waals surface area contributed by atoms with Crippen molar-refractivity contribution in [3.63, 3.8) is 0 Å². The third kappa shape index (κ3) is 3.67. The molecule has 0 unspecified atom stereocenters. The number of carbonyl (C=O) groups is 3. The molecule has 1 fully saturated rings. The highest BCUT2D eigenvalue weighted by molar-refractivity contribution is 6.39. The first kappa shape index (κ1) is 23.3. The molecule has 0 spiro atoms. The van der Waals surface area contributed by atoms with Crippen molar-refractivity contribution in [1.82, 2.24) is 5.32 Å². The number of aryl methyl sites for hydroxylation is 1. The third-order valence-electron chi connectivity index (χ3n) is 6.79. The predicted molar refractivity (Wildman–Crippen MR) is 134 cm³/mol. The standard InChI is InChI=1S/C27H29N3O4/c1-15-9-8-10-21(17(15)3)30-25(32)20(24(31)28-26(30)33)12-18-11-19-16(2)14-27(4,5)29(6)22(19)13-23(18)34-7/h8-14H,1-7H3,(H,28,31,33)/b20-12-. The van der Waals surface area contributed by atoms with Crippen LogP contribution in [-0.2, 0) is 9.59 Å². The largest absolute Gasteiger partial charge is 0.496 e. The van der Waals surface area contributed by atoms with Gasteiger partial charge in [0.25, 0.3) is 11.8 Å². The van der Waals surface area contributed by atoms with Gasteiger partial charge < -0.3 is 9.64 Å². The summed E-state index contributed by atoms with van der Waals surface area (Å²) in [5.41, 5.74) is 5.52. The molecule has 7 heteroatoms. The number of urea groups is 1. The molecule has 1 saturated heterocycles. The van der Waals surface area contributed by atoms with Crippen LogP contribution < -0.4 is 19.9 Å². The topological polar surface area (TPSA) is 79.0 Å². The van der Waals surface area contributed by atoms with E-state index in [1.807, 2.05) is 46.0 Å². The van der Waals surface area contributed by atoms with Gasteiger partial charge in [-0.15, -0.1) is 0 Å². The Balaban J connectivity index is 1.84. The van der Waals surface area contributed by atoms with Crippen LogP contribution in [0.5, 0.6) is 5.75 Å². The Hall–Kier alpha value is -3.87. The van der Waals surface area contributed by atoms with Crippen LogP contribution in [0.2, 0.25) is 0 Å². The lowest BCUT2D eigenvalue weighted by molar-refractivity contribution is -0.122. The van der Waals surface area contributed by atoms with Crippen LogP contribution >= 0.6 is 0 Å². The lowest BCUT2D eigenvalue weighted by Gasteiger charge is -2.41. The van der Waals surface area contributed by atoms with Crippen molar-refractivity contribution < 1.29 is 19.1 Å². The summed E-state index contributed by atoms with van der Waals surface area (Å²) < 4.78 is 5.63. The first-order valence-corrected chi connectivity index (χ1v) is 11.1. The summed E-state index contributed by atoms with van der Waals surface area (Å²) in [6.45, 7) is 10.0. The predicted octanol–water partition coefficient (Wildman–Crippen LogP) is 4.61. The van der Waals surface area contributed by atoms with Gasteiger partial charge in [-0.05, 0) is 69.5 Å². The first-order chi connectivity index (χ1) is 16.0. The molecular weight excluding hydrogens is 430 g/mol. The van der Waals surface area contributed by atoms with E-state index in [9.17, 15) is 14.4 Å². The number of carbonyl (C=O) groups excluding carboxylic acids is 3. The van der Waals surface area contributed by atoms with Gasteiger partial charge in [0, 0.05) is 29.9 Å². The molecule has 176 valence electrons. The van der Waals surface area contributed by atoms with Gasteiger partial charge in [-0.1, -0.05) is 18.2 Å². The van der Waals surface area contributed by atoms with E-state index in [-0.39, 0.29) is 11.1 Å². The minimum Gasteiger partial charge on any atom is -0.496 e. The molecule has 1 N–H and O–H groups in total. The summed E-state index contributed by atoms with van der Waals surface area (Å²) >= 11 is 0. The maximum atomic E-state index is 13.4. The molecule has 2 aliphatic rings. The van der Waals surface area contributed by atoms with E-state index in [1.165, 1.54) is 6.08 Å². The number of amides is 4. The quantitative estimate of drug-likeness (QED) is 0.536. The number of benzene rings is 2. The number of barbiturate groups is 1. The maximum Gasteiger partial charge on any atom is 0.335 e. The van der Waals surface area contributed by atoms with Crippen LogP contribution in [0.4, 0.5) is 16.2 Å². The number of fused-ring (bicyclic) bond motifs is 1. The Labute approximate surface area is 199 Å². The van der Waals surface area contributed by atoms with E-state index in [4.69, 9.17) is 4.74 Å². The number of anilines is 2. The van der Waals surface area contributed by atoms with Crippen LogP contribution in [0.3, 0.4) is 0 Å². The van der Waals surface area contributed by atoms with Gasteiger partial charge in [-0.2, -0.15) is 0 Å². The third-order valence-corrected chi connectivity index (χ3v) is 6.79. The second kappa shape index (κ2) is 8.17.